The lowest BCUT2D eigenvalue weighted by Crippen LogP contribution is -2.62. The molecule has 4 unspecified atom stereocenters. The third-order valence-corrected chi connectivity index (χ3v) is 5.18. The van der Waals surface area contributed by atoms with Crippen LogP contribution < -0.4 is 4.74 Å². The summed E-state index contributed by atoms with van der Waals surface area (Å²) in [5, 5.41) is 20.9. The highest BCUT2D eigenvalue weighted by Crippen LogP contribution is 2.30. The Morgan fingerprint density at radius 3 is 2.70 bits per heavy atom. The van der Waals surface area contributed by atoms with Crippen LogP contribution in [0.2, 0.25) is 0 Å². The molecule has 164 valence electrons. The predicted molar refractivity (Wildman–Crippen MR) is 111 cm³/mol. The first-order chi connectivity index (χ1) is 14.5. The number of aliphatic hydroxyl groups is 2. The molecular weight excluding hydrogens is 388 g/mol. The fraction of sp³-hybridized carbons (Fsp3) is 0.522. The summed E-state index contributed by atoms with van der Waals surface area (Å²) in [5.41, 5.74) is 0.843. The van der Waals surface area contributed by atoms with Crippen LogP contribution in [0.5, 0.6) is 5.75 Å². The van der Waals surface area contributed by atoms with Crippen molar-refractivity contribution >= 4 is 11.9 Å². The first-order valence-electron chi connectivity index (χ1n) is 10.3. The van der Waals surface area contributed by atoms with Crippen molar-refractivity contribution in [1.29, 1.82) is 0 Å². The minimum atomic E-state index is -1.20. The molecule has 0 radical (unpaired) electrons. The van der Waals surface area contributed by atoms with Gasteiger partial charge < -0.3 is 29.2 Å². The van der Waals surface area contributed by atoms with E-state index in [9.17, 15) is 15.0 Å². The van der Waals surface area contributed by atoms with Crippen molar-refractivity contribution < 1.29 is 34.0 Å². The molecule has 7 heteroatoms. The zero-order valence-corrected chi connectivity index (χ0v) is 17.2. The van der Waals surface area contributed by atoms with Gasteiger partial charge in [-0.3, -0.25) is 4.79 Å². The third kappa shape index (κ3) is 5.77. The Morgan fingerprint density at radius 1 is 1.23 bits per heavy atom. The molecule has 2 aliphatic rings. The Labute approximate surface area is 176 Å². The van der Waals surface area contributed by atoms with Gasteiger partial charge in [-0.2, -0.15) is 0 Å². The zero-order valence-electron chi connectivity index (χ0n) is 17.2. The van der Waals surface area contributed by atoms with Crippen molar-refractivity contribution in [3.8, 4) is 5.75 Å². The van der Waals surface area contributed by atoms with Crippen LogP contribution in [0.4, 0.5) is 0 Å². The summed E-state index contributed by atoms with van der Waals surface area (Å²) in [7, 11) is 0. The second-order valence-electron chi connectivity index (χ2n) is 7.52. The van der Waals surface area contributed by atoms with Gasteiger partial charge in [0, 0.05) is 6.42 Å². The number of ether oxygens (including phenoxy) is 4. The van der Waals surface area contributed by atoms with Crippen LogP contribution in [0.15, 0.2) is 43.0 Å². The minimum absolute atomic E-state index is 0.0448. The molecule has 2 aliphatic heterocycles. The molecule has 30 heavy (non-hydrogen) atoms. The molecule has 0 aromatic heterocycles. The van der Waals surface area contributed by atoms with E-state index in [1.807, 2.05) is 31.2 Å². The summed E-state index contributed by atoms with van der Waals surface area (Å²) in [5.74, 6) is 0.511. The Kier molecular flexibility index (Phi) is 8.18. The number of allylic oxidation sites excluding steroid dienone is 1. The Hall–Kier alpha value is -2.03. The lowest BCUT2D eigenvalue weighted by atomic mass is 9.91. The molecule has 2 fully saturated rings. The van der Waals surface area contributed by atoms with Crippen LogP contribution >= 0.6 is 0 Å². The molecule has 0 spiro atoms. The highest BCUT2D eigenvalue weighted by atomic mass is 16.7. The summed E-state index contributed by atoms with van der Waals surface area (Å²) in [6.45, 7) is 6.31. The number of fused-ring (bicyclic) bond motifs is 1. The summed E-state index contributed by atoms with van der Waals surface area (Å²) in [6.07, 6.45) is 1.63. The van der Waals surface area contributed by atoms with Gasteiger partial charge in [-0.25, -0.2) is 0 Å². The number of aliphatic hydroxyl groups excluding tert-OH is 2. The van der Waals surface area contributed by atoms with Crippen LogP contribution in [-0.4, -0.2) is 66.0 Å². The van der Waals surface area contributed by atoms with Gasteiger partial charge in [0.15, 0.2) is 12.1 Å². The molecular formula is C23H30O7. The average molecular weight is 418 g/mol. The van der Waals surface area contributed by atoms with E-state index < -0.39 is 36.8 Å². The molecule has 0 amide bonds. The number of benzene rings is 1. The van der Waals surface area contributed by atoms with E-state index in [1.165, 1.54) is 6.08 Å². The van der Waals surface area contributed by atoms with Crippen molar-refractivity contribution in [3.63, 3.8) is 0 Å². The van der Waals surface area contributed by atoms with Gasteiger partial charge in [0.25, 0.3) is 0 Å². The van der Waals surface area contributed by atoms with E-state index >= 15 is 0 Å². The lowest BCUT2D eigenvalue weighted by molar-refractivity contribution is -0.325. The van der Waals surface area contributed by atoms with E-state index in [-0.39, 0.29) is 18.8 Å². The molecule has 3 rings (SSSR count). The lowest BCUT2D eigenvalue weighted by Gasteiger charge is -2.46. The van der Waals surface area contributed by atoms with Crippen molar-refractivity contribution in [2.75, 3.05) is 13.2 Å². The topological polar surface area (TPSA) is 94.5 Å². The normalized spacial score (nSPS) is 31.3. The second kappa shape index (κ2) is 10.8. The van der Waals surface area contributed by atoms with Crippen LogP contribution in [0.3, 0.4) is 0 Å². The zero-order chi connectivity index (χ0) is 21.5. The Morgan fingerprint density at radius 2 is 2.00 bits per heavy atom. The molecule has 1 aromatic carbocycles. The number of rotatable bonds is 9. The van der Waals surface area contributed by atoms with Gasteiger partial charge in [0.05, 0.1) is 12.7 Å². The largest absolute Gasteiger partial charge is 0.490 e. The van der Waals surface area contributed by atoms with Gasteiger partial charge in [0.1, 0.15) is 36.8 Å². The van der Waals surface area contributed by atoms with Crippen molar-refractivity contribution in [1.82, 2.24) is 0 Å². The fourth-order valence-corrected chi connectivity index (χ4v) is 3.58. The maximum Gasteiger partial charge on any atom is 0.158 e. The van der Waals surface area contributed by atoms with Crippen molar-refractivity contribution in [2.24, 2.45) is 0 Å². The first kappa shape index (κ1) is 22.7. The first-order valence-corrected chi connectivity index (χ1v) is 10.3. The van der Waals surface area contributed by atoms with Gasteiger partial charge >= 0.3 is 0 Å². The van der Waals surface area contributed by atoms with E-state index in [0.717, 1.165) is 17.7 Å². The fourth-order valence-electron chi connectivity index (χ4n) is 3.58. The quantitative estimate of drug-likeness (QED) is 0.469. The van der Waals surface area contributed by atoms with Crippen LogP contribution in [-0.2, 0) is 19.0 Å². The number of hydrogen-bond donors (Lipinski definition) is 2. The predicted octanol–water partition coefficient (Wildman–Crippen LogP) is 2.25. The van der Waals surface area contributed by atoms with E-state index in [1.54, 1.807) is 12.2 Å². The standard InChI is InChI=1S/C23H30O7/c1-3-5-20-28-14-19-23(30-20)22(26)21(25)18(29-19)13-16(24)9-6-15-7-10-17(11-8-15)27-12-4-2/h4,6-11,18-23,25-26H,2-3,5,12-14H2,1H3/b9-6+/t18-,19?,20?,21?,22?,23+/m0/s1. The molecule has 2 N–H and O–H groups in total. The monoisotopic (exact) mass is 418 g/mol. The third-order valence-electron chi connectivity index (χ3n) is 5.18. The Balaban J connectivity index is 1.54. The maximum atomic E-state index is 12.4. The van der Waals surface area contributed by atoms with Gasteiger partial charge in [-0.1, -0.05) is 44.2 Å². The van der Waals surface area contributed by atoms with Crippen molar-refractivity contribution in [2.45, 2.75) is 63.0 Å². The molecule has 0 saturated carbocycles. The SMILES string of the molecule is C=CCOc1ccc(/C=C/C(=O)C[C@@H]2OC3COC(CCC)O[C@H]3C(O)C2O)cc1. The number of carbonyl (C=O) groups is 1. The average Bonchev–Trinajstić information content (AvgIpc) is 2.76. The summed E-state index contributed by atoms with van der Waals surface area (Å²) in [4.78, 5) is 12.4. The van der Waals surface area contributed by atoms with Gasteiger partial charge in [-0.15, -0.1) is 0 Å². The highest BCUT2D eigenvalue weighted by Gasteiger charge is 2.48. The van der Waals surface area contributed by atoms with Crippen LogP contribution in [0, 0.1) is 0 Å². The summed E-state index contributed by atoms with van der Waals surface area (Å²) in [6, 6.07) is 7.30. The number of hydrogen-bond acceptors (Lipinski definition) is 7. The van der Waals surface area contributed by atoms with E-state index in [2.05, 4.69) is 6.58 Å². The number of ketones is 1. The van der Waals surface area contributed by atoms with Gasteiger partial charge in [-0.05, 0) is 30.2 Å². The van der Waals surface area contributed by atoms with Crippen molar-refractivity contribution in [3.05, 3.63) is 48.6 Å². The highest BCUT2D eigenvalue weighted by molar-refractivity contribution is 5.93. The molecule has 2 heterocycles. The van der Waals surface area contributed by atoms with Crippen LogP contribution in [0.1, 0.15) is 31.7 Å². The second-order valence-corrected chi connectivity index (χ2v) is 7.52. The molecule has 0 bridgehead atoms. The maximum absolute atomic E-state index is 12.4. The molecule has 7 nitrogen and oxygen atoms in total. The molecule has 0 aliphatic carbocycles. The molecule has 1 aromatic rings. The summed E-state index contributed by atoms with van der Waals surface area (Å²) < 4.78 is 22.6. The number of carbonyl (C=O) groups excluding carboxylic acids is 1. The van der Waals surface area contributed by atoms with E-state index in [0.29, 0.717) is 13.0 Å². The van der Waals surface area contributed by atoms with Crippen LogP contribution in [0.25, 0.3) is 6.08 Å². The smallest absolute Gasteiger partial charge is 0.158 e. The summed E-state index contributed by atoms with van der Waals surface area (Å²) >= 11 is 0. The Bertz CT molecular complexity index is 728. The minimum Gasteiger partial charge on any atom is -0.490 e. The molecule has 6 atom stereocenters. The molecule has 2 saturated heterocycles. The van der Waals surface area contributed by atoms with E-state index in [4.69, 9.17) is 18.9 Å². The van der Waals surface area contributed by atoms with Gasteiger partial charge in [0.2, 0.25) is 0 Å².